The van der Waals surface area contributed by atoms with Crippen LogP contribution in [0.1, 0.15) is 41.4 Å². The molecule has 1 aliphatic carbocycles. The van der Waals surface area contributed by atoms with Gasteiger partial charge in [0.25, 0.3) is 0 Å². The zero-order valence-electron chi connectivity index (χ0n) is 21.3. The molecule has 1 unspecified atom stereocenters. The molecular weight excluding hydrogens is 529 g/mol. The number of rotatable bonds is 12. The summed E-state index contributed by atoms with van der Waals surface area (Å²) in [6, 6.07) is 8.44. The highest BCUT2D eigenvalue weighted by Crippen LogP contribution is 2.28. The Kier molecular flexibility index (Phi) is 8.73. The van der Waals surface area contributed by atoms with Crippen molar-refractivity contribution < 1.29 is 28.7 Å². The number of hydrogen-bond donors (Lipinski definition) is 3. The lowest BCUT2D eigenvalue weighted by molar-refractivity contribution is -0.137. The fourth-order valence-corrected chi connectivity index (χ4v) is 4.46. The molecule has 1 aromatic heterocycles. The van der Waals surface area contributed by atoms with E-state index in [0.717, 1.165) is 12.8 Å². The van der Waals surface area contributed by atoms with Crippen LogP contribution in [0.2, 0.25) is 5.02 Å². The van der Waals surface area contributed by atoms with Gasteiger partial charge in [0, 0.05) is 36.9 Å². The molecule has 12 heteroatoms. The molecule has 3 aromatic rings. The smallest absolute Gasteiger partial charge is 0.245 e. The predicted octanol–water partition coefficient (Wildman–Crippen LogP) is 1.77. The minimum absolute atomic E-state index is 0.0250. The van der Waals surface area contributed by atoms with E-state index in [1.165, 1.54) is 28.6 Å². The first-order chi connectivity index (χ1) is 18.6. The van der Waals surface area contributed by atoms with E-state index in [0.29, 0.717) is 16.5 Å². The molecule has 39 heavy (non-hydrogen) atoms. The standard InChI is InChI=1S/C27H29ClFN5O5/c1-15(36)27-19-9-16(10-23(37)21(30)14-35)5-8-22(19)34(32-27)13-25(39)33(18-6-7-18)12-24(38)31-11-17-3-2-4-20(28)26(17)29/h2-5,8-9,18,21,35H,6-7,10-14,30H2,1H3,(H,31,38). The average Bonchev–Trinajstić information content (AvgIpc) is 3.69. The van der Waals surface area contributed by atoms with Crippen molar-refractivity contribution in [1.82, 2.24) is 20.0 Å². The second kappa shape index (κ2) is 12.0. The van der Waals surface area contributed by atoms with E-state index in [2.05, 4.69) is 10.4 Å². The first-order valence-corrected chi connectivity index (χ1v) is 12.9. The number of aliphatic hydroxyl groups is 1. The summed E-state index contributed by atoms with van der Waals surface area (Å²) in [4.78, 5) is 51.8. The summed E-state index contributed by atoms with van der Waals surface area (Å²) in [6.07, 6.45) is 1.49. The SMILES string of the molecule is CC(=O)c1nn(CC(=O)N(CC(=O)NCc2cccc(Cl)c2F)C2CC2)c2ccc(CC(=O)C(N)CO)cc12. The van der Waals surface area contributed by atoms with E-state index in [1.54, 1.807) is 24.3 Å². The number of hydrogen-bond acceptors (Lipinski definition) is 7. The van der Waals surface area contributed by atoms with Gasteiger partial charge in [0.2, 0.25) is 11.8 Å². The molecular formula is C27H29ClFN5O5. The zero-order valence-corrected chi connectivity index (χ0v) is 22.1. The van der Waals surface area contributed by atoms with E-state index >= 15 is 0 Å². The predicted molar refractivity (Wildman–Crippen MR) is 142 cm³/mol. The molecule has 1 fully saturated rings. The van der Waals surface area contributed by atoms with Gasteiger partial charge in [-0.1, -0.05) is 29.8 Å². The molecule has 0 spiro atoms. The van der Waals surface area contributed by atoms with E-state index in [1.807, 2.05) is 0 Å². The van der Waals surface area contributed by atoms with Gasteiger partial charge in [-0.25, -0.2) is 4.39 Å². The third-order valence-corrected chi connectivity index (χ3v) is 6.84. The Hall–Kier alpha value is -3.67. The molecule has 1 saturated carbocycles. The molecule has 206 valence electrons. The molecule has 1 atom stereocenters. The highest BCUT2D eigenvalue weighted by molar-refractivity contribution is 6.30. The van der Waals surface area contributed by atoms with Crippen LogP contribution in [-0.2, 0) is 33.9 Å². The summed E-state index contributed by atoms with van der Waals surface area (Å²) in [5, 5.41) is 16.5. The van der Waals surface area contributed by atoms with Crippen LogP contribution in [0.25, 0.3) is 10.9 Å². The van der Waals surface area contributed by atoms with Gasteiger partial charge < -0.3 is 21.1 Å². The van der Waals surface area contributed by atoms with Gasteiger partial charge in [-0.15, -0.1) is 0 Å². The number of Topliss-reactive ketones (excluding diaryl/α,β-unsaturated/α-hetero) is 2. The molecule has 0 saturated heterocycles. The van der Waals surface area contributed by atoms with Crippen molar-refractivity contribution >= 4 is 45.9 Å². The van der Waals surface area contributed by atoms with Crippen LogP contribution < -0.4 is 11.1 Å². The third-order valence-electron chi connectivity index (χ3n) is 6.55. The van der Waals surface area contributed by atoms with Gasteiger partial charge in [-0.05, 0) is 36.6 Å². The van der Waals surface area contributed by atoms with Crippen LogP contribution >= 0.6 is 11.6 Å². The van der Waals surface area contributed by atoms with Crippen LogP contribution in [0, 0.1) is 5.82 Å². The molecule has 2 amide bonds. The number of aliphatic hydroxyl groups excluding tert-OH is 1. The Labute approximate surface area is 228 Å². The molecule has 4 N–H and O–H groups in total. The Bertz CT molecular complexity index is 1440. The topological polar surface area (TPSA) is 148 Å². The van der Waals surface area contributed by atoms with Crippen molar-refractivity contribution in [2.24, 2.45) is 5.73 Å². The summed E-state index contributed by atoms with van der Waals surface area (Å²) < 4.78 is 15.5. The fourth-order valence-electron chi connectivity index (χ4n) is 4.27. The second-order valence-electron chi connectivity index (χ2n) is 9.59. The summed E-state index contributed by atoms with van der Waals surface area (Å²) in [6.45, 7) is 0.410. The molecule has 0 bridgehead atoms. The number of aromatic nitrogens is 2. The molecule has 0 aliphatic heterocycles. The molecule has 1 aliphatic rings. The van der Waals surface area contributed by atoms with Crippen molar-refractivity contribution in [2.75, 3.05) is 13.2 Å². The summed E-state index contributed by atoms with van der Waals surface area (Å²) in [7, 11) is 0. The van der Waals surface area contributed by atoms with Crippen molar-refractivity contribution in [1.29, 1.82) is 0 Å². The normalized spacial score (nSPS) is 13.8. The first kappa shape index (κ1) is 28.3. The number of carbonyl (C=O) groups is 4. The summed E-state index contributed by atoms with van der Waals surface area (Å²) in [5.74, 6) is -2.06. The van der Waals surface area contributed by atoms with Crippen molar-refractivity contribution in [3.05, 3.63) is 64.1 Å². The van der Waals surface area contributed by atoms with Crippen molar-refractivity contribution in [2.45, 2.75) is 51.4 Å². The number of benzene rings is 2. The van der Waals surface area contributed by atoms with Crippen LogP contribution in [0.4, 0.5) is 4.39 Å². The maximum Gasteiger partial charge on any atom is 0.245 e. The second-order valence-corrected chi connectivity index (χ2v) is 10.00. The molecule has 0 radical (unpaired) electrons. The average molecular weight is 558 g/mol. The van der Waals surface area contributed by atoms with Crippen molar-refractivity contribution in [3.63, 3.8) is 0 Å². The lowest BCUT2D eigenvalue weighted by Gasteiger charge is -2.22. The van der Waals surface area contributed by atoms with Gasteiger partial charge >= 0.3 is 0 Å². The van der Waals surface area contributed by atoms with Crippen molar-refractivity contribution in [3.8, 4) is 0 Å². The number of nitrogens with one attached hydrogen (secondary N) is 1. The Morgan fingerprint density at radius 3 is 2.67 bits per heavy atom. The number of nitrogens with zero attached hydrogens (tertiary/aromatic N) is 3. The Balaban J connectivity index is 1.48. The summed E-state index contributed by atoms with van der Waals surface area (Å²) >= 11 is 5.79. The van der Waals surface area contributed by atoms with Crippen LogP contribution in [-0.4, -0.2) is 68.4 Å². The monoisotopic (exact) mass is 557 g/mol. The number of fused-ring (bicyclic) bond motifs is 1. The van der Waals surface area contributed by atoms with Gasteiger partial charge in [0.15, 0.2) is 11.6 Å². The summed E-state index contributed by atoms with van der Waals surface area (Å²) in [5.41, 5.74) is 7.11. The maximum atomic E-state index is 14.1. The highest BCUT2D eigenvalue weighted by atomic mass is 35.5. The number of halogens is 2. The van der Waals surface area contributed by atoms with Crippen LogP contribution in [0.15, 0.2) is 36.4 Å². The van der Waals surface area contributed by atoms with Gasteiger partial charge in [-0.3, -0.25) is 23.9 Å². The molecule has 1 heterocycles. The quantitative estimate of drug-likeness (QED) is 0.287. The number of ketones is 2. The Morgan fingerprint density at radius 1 is 1.26 bits per heavy atom. The van der Waals surface area contributed by atoms with E-state index in [-0.39, 0.29) is 65.9 Å². The largest absolute Gasteiger partial charge is 0.394 e. The number of nitrogens with two attached hydrogens (primary N) is 1. The van der Waals surface area contributed by atoms with Crippen LogP contribution in [0.3, 0.4) is 0 Å². The minimum atomic E-state index is -0.997. The third kappa shape index (κ3) is 6.67. The maximum absolute atomic E-state index is 14.1. The van der Waals surface area contributed by atoms with E-state index < -0.39 is 24.4 Å². The minimum Gasteiger partial charge on any atom is -0.394 e. The van der Waals surface area contributed by atoms with Gasteiger partial charge in [0.1, 0.15) is 18.1 Å². The Morgan fingerprint density at radius 2 is 2.00 bits per heavy atom. The number of carbonyl (C=O) groups excluding carboxylic acids is 4. The molecule has 10 nitrogen and oxygen atoms in total. The van der Waals surface area contributed by atoms with Gasteiger partial charge in [-0.2, -0.15) is 5.10 Å². The zero-order chi connectivity index (χ0) is 28.3. The molecule has 2 aromatic carbocycles. The van der Waals surface area contributed by atoms with E-state index in [4.69, 9.17) is 22.4 Å². The lowest BCUT2D eigenvalue weighted by atomic mass is 10.0. The van der Waals surface area contributed by atoms with Crippen LogP contribution in [0.5, 0.6) is 0 Å². The fraction of sp³-hybridized carbons (Fsp3) is 0.370. The highest BCUT2D eigenvalue weighted by Gasteiger charge is 2.34. The van der Waals surface area contributed by atoms with Gasteiger partial charge in [0.05, 0.1) is 29.7 Å². The first-order valence-electron chi connectivity index (χ1n) is 12.5. The molecule has 4 rings (SSSR count). The number of amides is 2. The van der Waals surface area contributed by atoms with E-state index in [9.17, 15) is 23.6 Å². The lowest BCUT2D eigenvalue weighted by Crippen LogP contribution is -2.43.